The fourth-order valence-corrected chi connectivity index (χ4v) is 4.30. The molecular formula is C22H19N5O3S2. The second-order valence-corrected chi connectivity index (χ2v) is 8.81. The number of amides is 2. The van der Waals surface area contributed by atoms with Crippen molar-refractivity contribution >= 4 is 45.7 Å². The fraction of sp³-hybridized carbons (Fsp3) is 0.0909. The van der Waals surface area contributed by atoms with E-state index in [0.717, 1.165) is 17.2 Å². The van der Waals surface area contributed by atoms with Gasteiger partial charge in [-0.15, -0.1) is 10.2 Å². The number of nitrogens with one attached hydrogen (secondary N) is 2. The van der Waals surface area contributed by atoms with Gasteiger partial charge in [-0.25, -0.2) is 0 Å². The van der Waals surface area contributed by atoms with Gasteiger partial charge in [0, 0.05) is 18.9 Å². The zero-order valence-corrected chi connectivity index (χ0v) is 18.7. The van der Waals surface area contributed by atoms with E-state index in [4.69, 9.17) is 4.74 Å². The lowest BCUT2D eigenvalue weighted by atomic mass is 10.3. The molecule has 2 N–H and O–H groups in total. The smallest absolute Gasteiger partial charge is 0.274 e. The monoisotopic (exact) mass is 465 g/mol. The maximum Gasteiger partial charge on any atom is 0.274 e. The fourth-order valence-electron chi connectivity index (χ4n) is 2.72. The van der Waals surface area contributed by atoms with Gasteiger partial charge in [0.15, 0.2) is 4.34 Å². The van der Waals surface area contributed by atoms with E-state index >= 15 is 0 Å². The van der Waals surface area contributed by atoms with Gasteiger partial charge in [0.1, 0.15) is 17.2 Å². The number of ether oxygens (including phenoxy) is 1. The zero-order chi connectivity index (χ0) is 22.3. The average molecular weight is 466 g/mol. The number of aryl methyl sites for hydroxylation is 1. The molecule has 0 bridgehead atoms. The number of hydrogen-bond acceptors (Lipinski definition) is 8. The summed E-state index contributed by atoms with van der Waals surface area (Å²) < 4.78 is 8.05. The molecule has 0 aliphatic carbocycles. The molecule has 2 aromatic heterocycles. The molecule has 10 heteroatoms. The Hall–Kier alpha value is -3.63. The molecule has 0 radical (unpaired) electrons. The van der Waals surface area contributed by atoms with Crippen LogP contribution in [-0.2, 0) is 11.8 Å². The number of para-hydroxylation sites is 1. The molecule has 0 saturated heterocycles. The van der Waals surface area contributed by atoms with Gasteiger partial charge >= 0.3 is 0 Å². The Morgan fingerprint density at radius 3 is 2.47 bits per heavy atom. The van der Waals surface area contributed by atoms with Crippen LogP contribution in [0.5, 0.6) is 11.5 Å². The number of thioether (sulfide) groups is 1. The highest BCUT2D eigenvalue weighted by atomic mass is 32.2. The quantitative estimate of drug-likeness (QED) is 0.371. The summed E-state index contributed by atoms with van der Waals surface area (Å²) in [4.78, 5) is 24.1. The van der Waals surface area contributed by atoms with Crippen molar-refractivity contribution in [3.63, 3.8) is 0 Å². The van der Waals surface area contributed by atoms with E-state index in [1.54, 1.807) is 29.9 Å². The number of imide groups is 1. The van der Waals surface area contributed by atoms with Crippen molar-refractivity contribution in [3.8, 4) is 11.5 Å². The summed E-state index contributed by atoms with van der Waals surface area (Å²) in [5.41, 5.74) is 1.26. The van der Waals surface area contributed by atoms with Crippen LogP contribution in [0.3, 0.4) is 0 Å². The number of aromatic nitrogens is 3. The van der Waals surface area contributed by atoms with E-state index < -0.39 is 5.91 Å². The number of rotatable bonds is 8. The number of anilines is 2. The van der Waals surface area contributed by atoms with Gasteiger partial charge in [0.25, 0.3) is 5.91 Å². The van der Waals surface area contributed by atoms with Gasteiger partial charge in [-0.2, -0.15) is 0 Å². The van der Waals surface area contributed by atoms with Crippen LogP contribution in [0.15, 0.2) is 77.3 Å². The molecule has 0 fully saturated rings. The van der Waals surface area contributed by atoms with E-state index in [-0.39, 0.29) is 11.7 Å². The molecule has 0 aliphatic rings. The van der Waals surface area contributed by atoms with Crippen LogP contribution in [0.4, 0.5) is 10.8 Å². The topological polar surface area (TPSA) is 98.1 Å². The van der Waals surface area contributed by atoms with Gasteiger partial charge in [0.2, 0.25) is 11.0 Å². The predicted octanol–water partition coefficient (Wildman–Crippen LogP) is 4.46. The lowest BCUT2D eigenvalue weighted by Crippen LogP contribution is -2.32. The minimum Gasteiger partial charge on any atom is -0.457 e. The molecule has 8 nitrogen and oxygen atoms in total. The van der Waals surface area contributed by atoms with Gasteiger partial charge < -0.3 is 14.6 Å². The van der Waals surface area contributed by atoms with Crippen molar-refractivity contribution in [2.75, 3.05) is 11.1 Å². The maximum absolute atomic E-state index is 12.1. The number of carbonyl (C=O) groups excluding carboxylic acids is 2. The molecular weight excluding hydrogens is 446 g/mol. The second kappa shape index (κ2) is 10.1. The number of benzene rings is 2. The van der Waals surface area contributed by atoms with Gasteiger partial charge in [0.05, 0.1) is 5.75 Å². The Balaban J connectivity index is 1.26. The molecule has 0 aliphatic heterocycles. The van der Waals surface area contributed by atoms with E-state index in [9.17, 15) is 9.59 Å². The van der Waals surface area contributed by atoms with Crippen LogP contribution >= 0.6 is 23.1 Å². The molecule has 0 spiro atoms. The van der Waals surface area contributed by atoms with Crippen molar-refractivity contribution in [1.82, 2.24) is 20.1 Å². The lowest BCUT2D eigenvalue weighted by Gasteiger charge is -2.06. The second-order valence-electron chi connectivity index (χ2n) is 6.61. The first-order valence-electron chi connectivity index (χ1n) is 9.58. The molecule has 32 heavy (non-hydrogen) atoms. The Kier molecular flexibility index (Phi) is 6.83. The largest absolute Gasteiger partial charge is 0.457 e. The molecule has 0 atom stereocenters. The molecule has 162 valence electrons. The predicted molar refractivity (Wildman–Crippen MR) is 125 cm³/mol. The van der Waals surface area contributed by atoms with E-state index in [2.05, 4.69) is 20.8 Å². The standard InChI is InChI=1S/C22H19N5O3S2/c1-27-13-5-8-18(27)20(29)24-19(28)14-31-22-26-25-21(32-22)23-15-9-11-17(12-10-15)30-16-6-3-2-4-7-16/h2-13H,14H2,1H3,(H,23,25)(H,24,28,29). The third-order valence-corrected chi connectivity index (χ3v) is 6.22. The first-order valence-corrected chi connectivity index (χ1v) is 11.4. The molecule has 4 rings (SSSR count). The lowest BCUT2D eigenvalue weighted by molar-refractivity contribution is -0.117. The third kappa shape index (κ3) is 5.74. The highest BCUT2D eigenvalue weighted by Gasteiger charge is 2.14. The summed E-state index contributed by atoms with van der Waals surface area (Å²) in [6.07, 6.45) is 1.74. The first kappa shape index (κ1) is 21.6. The summed E-state index contributed by atoms with van der Waals surface area (Å²) in [7, 11) is 1.74. The molecule has 2 amide bonds. The third-order valence-electron chi connectivity index (χ3n) is 4.25. The van der Waals surface area contributed by atoms with Crippen LogP contribution in [0.25, 0.3) is 0 Å². The maximum atomic E-state index is 12.1. The molecule has 2 heterocycles. The van der Waals surface area contributed by atoms with Crippen molar-refractivity contribution in [2.45, 2.75) is 4.34 Å². The van der Waals surface area contributed by atoms with E-state index in [1.165, 1.54) is 23.1 Å². The van der Waals surface area contributed by atoms with Crippen molar-refractivity contribution < 1.29 is 14.3 Å². The van der Waals surface area contributed by atoms with Crippen LogP contribution < -0.4 is 15.4 Å². The first-order chi connectivity index (χ1) is 15.6. The summed E-state index contributed by atoms with van der Waals surface area (Å²) in [5.74, 6) is 0.748. The van der Waals surface area contributed by atoms with Gasteiger partial charge in [-0.05, 0) is 48.5 Å². The number of nitrogens with zero attached hydrogens (tertiary/aromatic N) is 3. The summed E-state index contributed by atoms with van der Waals surface area (Å²) in [6.45, 7) is 0. The number of hydrogen-bond donors (Lipinski definition) is 2. The van der Waals surface area contributed by atoms with Crippen LogP contribution in [0.2, 0.25) is 0 Å². The Morgan fingerprint density at radius 2 is 1.75 bits per heavy atom. The van der Waals surface area contributed by atoms with Gasteiger partial charge in [-0.3, -0.25) is 14.9 Å². The van der Waals surface area contributed by atoms with Crippen molar-refractivity contribution in [2.24, 2.45) is 7.05 Å². The van der Waals surface area contributed by atoms with Crippen LogP contribution in [0.1, 0.15) is 10.5 Å². The summed E-state index contributed by atoms with van der Waals surface area (Å²) in [6, 6.07) is 20.4. The minimum absolute atomic E-state index is 0.0658. The van der Waals surface area contributed by atoms with E-state index in [0.29, 0.717) is 15.2 Å². The Labute approximate surface area is 192 Å². The number of carbonyl (C=O) groups is 2. The molecule has 0 unspecified atom stereocenters. The van der Waals surface area contributed by atoms with E-state index in [1.807, 2.05) is 54.6 Å². The Bertz CT molecular complexity index is 1210. The van der Waals surface area contributed by atoms with Crippen LogP contribution in [-0.4, -0.2) is 32.3 Å². The normalized spacial score (nSPS) is 10.5. The average Bonchev–Trinajstić information content (AvgIpc) is 3.43. The molecule has 0 saturated carbocycles. The minimum atomic E-state index is -0.428. The zero-order valence-electron chi connectivity index (χ0n) is 17.0. The summed E-state index contributed by atoms with van der Waals surface area (Å²) >= 11 is 2.55. The van der Waals surface area contributed by atoms with Crippen molar-refractivity contribution in [3.05, 3.63) is 78.6 Å². The SMILES string of the molecule is Cn1cccc1C(=O)NC(=O)CSc1nnc(Nc2ccc(Oc3ccccc3)cc2)s1. The van der Waals surface area contributed by atoms with Gasteiger partial charge in [-0.1, -0.05) is 41.3 Å². The molecule has 2 aromatic carbocycles. The highest BCUT2D eigenvalue weighted by Crippen LogP contribution is 2.29. The summed E-state index contributed by atoms with van der Waals surface area (Å²) in [5, 5.41) is 14.3. The van der Waals surface area contributed by atoms with Crippen molar-refractivity contribution in [1.29, 1.82) is 0 Å². The van der Waals surface area contributed by atoms with Crippen LogP contribution in [0, 0.1) is 0 Å². The Morgan fingerprint density at radius 1 is 1.00 bits per heavy atom. The highest BCUT2D eigenvalue weighted by molar-refractivity contribution is 8.01. The molecule has 4 aromatic rings.